The van der Waals surface area contributed by atoms with E-state index in [0.717, 1.165) is 0 Å². The summed E-state index contributed by atoms with van der Waals surface area (Å²) in [5.74, 6) is -2.97. The zero-order chi connectivity index (χ0) is 26.0. The second-order valence-electron chi connectivity index (χ2n) is 8.62. The molecule has 0 aliphatic heterocycles. The molecule has 2 aromatic rings. The Labute approximate surface area is 202 Å². The first-order chi connectivity index (χ1) is 16.5. The fraction of sp³-hybridized carbons (Fsp3) is 0.435. The van der Waals surface area contributed by atoms with E-state index < -0.39 is 48.4 Å². The predicted octanol–water partition coefficient (Wildman–Crippen LogP) is -0.556. The van der Waals surface area contributed by atoms with Crippen molar-refractivity contribution in [2.45, 2.75) is 51.2 Å². The maximum Gasteiger partial charge on any atom is 0.326 e. The number of carbonyl (C=O) groups excluding carboxylic acids is 3. The lowest BCUT2D eigenvalue weighted by molar-refractivity contribution is -0.142. The quantitative estimate of drug-likeness (QED) is 0.194. The third-order valence-electron chi connectivity index (χ3n) is 5.10. The maximum absolute atomic E-state index is 12.9. The van der Waals surface area contributed by atoms with Crippen LogP contribution in [0.2, 0.25) is 0 Å². The van der Waals surface area contributed by atoms with Crippen LogP contribution in [-0.4, -0.2) is 68.5 Å². The van der Waals surface area contributed by atoms with Crippen LogP contribution in [0.1, 0.15) is 31.5 Å². The molecule has 0 aliphatic carbocycles. The van der Waals surface area contributed by atoms with Crippen LogP contribution in [-0.2, 0) is 32.0 Å². The summed E-state index contributed by atoms with van der Waals surface area (Å²) in [7, 11) is 0. The molecule has 1 aromatic carbocycles. The van der Waals surface area contributed by atoms with E-state index in [-0.39, 0.29) is 30.9 Å². The number of phenols is 1. The van der Waals surface area contributed by atoms with Crippen molar-refractivity contribution in [3.63, 3.8) is 0 Å². The second-order valence-corrected chi connectivity index (χ2v) is 8.62. The molecule has 3 atom stereocenters. The number of benzene rings is 1. The Bertz CT molecular complexity index is 992. The van der Waals surface area contributed by atoms with Gasteiger partial charge in [-0.1, -0.05) is 26.0 Å². The lowest BCUT2D eigenvalue weighted by Crippen LogP contribution is -2.54. The molecule has 12 heteroatoms. The van der Waals surface area contributed by atoms with E-state index in [1.807, 2.05) is 13.8 Å². The number of carboxylic acid groups (broad SMARTS) is 1. The van der Waals surface area contributed by atoms with Crippen LogP contribution in [0.4, 0.5) is 0 Å². The number of phenolic OH excluding ortho intramolecular Hbond substituents is 1. The van der Waals surface area contributed by atoms with Crippen LogP contribution >= 0.6 is 0 Å². The molecular formula is C23H32N6O6. The van der Waals surface area contributed by atoms with Gasteiger partial charge in [-0.15, -0.1) is 0 Å². The topological polar surface area (TPSA) is 200 Å². The van der Waals surface area contributed by atoms with Crippen molar-refractivity contribution in [1.29, 1.82) is 0 Å². The van der Waals surface area contributed by atoms with Gasteiger partial charge in [0.05, 0.1) is 18.9 Å². The van der Waals surface area contributed by atoms with E-state index >= 15 is 0 Å². The first-order valence-corrected chi connectivity index (χ1v) is 11.2. The zero-order valence-electron chi connectivity index (χ0n) is 19.7. The number of aromatic nitrogens is 2. The number of nitrogens with zero attached hydrogens (tertiary/aromatic N) is 1. The third-order valence-corrected chi connectivity index (χ3v) is 5.10. The van der Waals surface area contributed by atoms with E-state index in [9.17, 15) is 29.4 Å². The van der Waals surface area contributed by atoms with E-state index in [0.29, 0.717) is 11.3 Å². The van der Waals surface area contributed by atoms with Gasteiger partial charge in [0, 0.05) is 24.7 Å². The van der Waals surface area contributed by atoms with Gasteiger partial charge in [-0.2, -0.15) is 0 Å². The monoisotopic (exact) mass is 488 g/mol. The van der Waals surface area contributed by atoms with Crippen molar-refractivity contribution in [1.82, 2.24) is 25.9 Å². The molecule has 0 spiro atoms. The van der Waals surface area contributed by atoms with Gasteiger partial charge in [0.25, 0.3) is 0 Å². The number of aliphatic carboxylic acids is 1. The van der Waals surface area contributed by atoms with Crippen molar-refractivity contribution in [3.8, 4) is 5.75 Å². The van der Waals surface area contributed by atoms with Crippen LogP contribution in [0.25, 0.3) is 0 Å². The van der Waals surface area contributed by atoms with Gasteiger partial charge in [0.1, 0.15) is 17.8 Å². The maximum atomic E-state index is 12.9. The predicted molar refractivity (Wildman–Crippen MR) is 126 cm³/mol. The van der Waals surface area contributed by atoms with Crippen LogP contribution in [0.15, 0.2) is 36.8 Å². The van der Waals surface area contributed by atoms with Gasteiger partial charge in [-0.3, -0.25) is 14.4 Å². The summed E-state index contributed by atoms with van der Waals surface area (Å²) in [5, 5.41) is 26.2. The molecule has 2 rings (SSSR count). The fourth-order valence-electron chi connectivity index (χ4n) is 3.31. The first kappa shape index (κ1) is 27.3. The van der Waals surface area contributed by atoms with Gasteiger partial charge in [0.2, 0.25) is 17.7 Å². The highest BCUT2D eigenvalue weighted by Crippen LogP contribution is 2.12. The number of aromatic hydroxyl groups is 1. The molecule has 0 bridgehead atoms. The van der Waals surface area contributed by atoms with E-state index in [1.165, 1.54) is 24.7 Å². The van der Waals surface area contributed by atoms with Gasteiger partial charge < -0.3 is 36.9 Å². The van der Waals surface area contributed by atoms with Crippen molar-refractivity contribution in [3.05, 3.63) is 48.0 Å². The smallest absolute Gasteiger partial charge is 0.326 e. The molecule has 8 N–H and O–H groups in total. The van der Waals surface area contributed by atoms with Gasteiger partial charge >= 0.3 is 5.97 Å². The van der Waals surface area contributed by atoms with E-state index in [2.05, 4.69) is 25.9 Å². The minimum atomic E-state index is -1.16. The summed E-state index contributed by atoms with van der Waals surface area (Å²) >= 11 is 0. The number of hydrogen-bond donors (Lipinski definition) is 7. The van der Waals surface area contributed by atoms with E-state index in [4.69, 9.17) is 5.73 Å². The summed E-state index contributed by atoms with van der Waals surface area (Å²) < 4.78 is 0. The average molecular weight is 489 g/mol. The van der Waals surface area contributed by atoms with Crippen molar-refractivity contribution >= 4 is 23.7 Å². The molecule has 1 aromatic heterocycles. The summed E-state index contributed by atoms with van der Waals surface area (Å²) in [5.41, 5.74) is 7.27. The first-order valence-electron chi connectivity index (χ1n) is 11.2. The molecule has 0 fully saturated rings. The third kappa shape index (κ3) is 9.45. The number of nitrogens with two attached hydrogens (primary N) is 1. The van der Waals surface area contributed by atoms with E-state index in [1.54, 1.807) is 12.1 Å². The number of amides is 3. The minimum absolute atomic E-state index is 0.0434. The molecular weight excluding hydrogens is 456 g/mol. The Morgan fingerprint density at radius 3 is 2.29 bits per heavy atom. The number of imidazole rings is 1. The summed E-state index contributed by atoms with van der Waals surface area (Å²) in [6, 6.07) is 2.99. The molecule has 35 heavy (non-hydrogen) atoms. The van der Waals surface area contributed by atoms with Crippen LogP contribution in [0, 0.1) is 5.92 Å². The van der Waals surface area contributed by atoms with Gasteiger partial charge in [-0.25, -0.2) is 9.78 Å². The summed E-state index contributed by atoms with van der Waals surface area (Å²) in [6.07, 6.45) is 3.48. The lowest BCUT2D eigenvalue weighted by atomic mass is 10.0. The normalized spacial score (nSPS) is 13.5. The van der Waals surface area contributed by atoms with Gasteiger partial charge in [0.15, 0.2) is 0 Å². The molecule has 3 amide bonds. The molecule has 12 nitrogen and oxygen atoms in total. The van der Waals surface area contributed by atoms with Crippen molar-refractivity contribution < 1.29 is 29.4 Å². The molecule has 0 aliphatic rings. The highest BCUT2D eigenvalue weighted by Gasteiger charge is 2.26. The number of carboxylic acids is 1. The highest BCUT2D eigenvalue weighted by molar-refractivity contribution is 5.92. The molecule has 190 valence electrons. The minimum Gasteiger partial charge on any atom is -0.508 e. The lowest BCUT2D eigenvalue weighted by Gasteiger charge is -2.21. The number of aromatic amines is 1. The number of rotatable bonds is 13. The Kier molecular flexibility index (Phi) is 10.2. The van der Waals surface area contributed by atoms with Crippen LogP contribution in [0.3, 0.4) is 0 Å². The highest BCUT2D eigenvalue weighted by atomic mass is 16.4. The number of hydrogen-bond acceptors (Lipinski definition) is 7. The Hall–Kier alpha value is -3.93. The molecule has 1 heterocycles. The molecule has 0 saturated carbocycles. The summed E-state index contributed by atoms with van der Waals surface area (Å²) in [6.45, 7) is 3.19. The number of H-pyrrole nitrogens is 1. The molecule has 0 radical (unpaired) electrons. The SMILES string of the molecule is CC(C)CC(NC(=O)CNC(=O)C(Cc1ccc(O)cc1)NC(=O)C(N)Cc1cnc[nH]1)C(=O)O. The fourth-order valence-corrected chi connectivity index (χ4v) is 3.31. The standard InChI is InChI=1S/C23H32N6O6/c1-13(2)7-19(23(34)35)28-20(31)11-26-22(33)18(8-14-3-5-16(30)6-4-14)29-21(32)17(24)9-15-10-25-12-27-15/h3-6,10,12-13,17-19,30H,7-9,11,24H2,1-2H3,(H,25,27)(H,26,33)(H,28,31)(H,29,32)(H,34,35). The van der Waals surface area contributed by atoms with Crippen LogP contribution < -0.4 is 21.7 Å². The van der Waals surface area contributed by atoms with Crippen LogP contribution in [0.5, 0.6) is 5.75 Å². The Morgan fingerprint density at radius 2 is 1.71 bits per heavy atom. The van der Waals surface area contributed by atoms with Crippen molar-refractivity contribution in [2.24, 2.45) is 11.7 Å². The Balaban J connectivity index is 2.03. The average Bonchev–Trinajstić information content (AvgIpc) is 3.30. The van der Waals surface area contributed by atoms with Crippen molar-refractivity contribution in [2.75, 3.05) is 6.54 Å². The summed E-state index contributed by atoms with van der Waals surface area (Å²) in [4.78, 5) is 55.8. The molecule has 0 saturated heterocycles. The van der Waals surface area contributed by atoms with Gasteiger partial charge in [-0.05, 0) is 30.0 Å². The Morgan fingerprint density at radius 1 is 1.03 bits per heavy atom. The largest absolute Gasteiger partial charge is 0.508 e. The zero-order valence-corrected chi connectivity index (χ0v) is 19.7. The molecule has 3 unspecified atom stereocenters. The number of nitrogens with one attached hydrogen (secondary N) is 4. The number of carbonyl (C=O) groups is 4. The second kappa shape index (κ2) is 13.1.